The lowest BCUT2D eigenvalue weighted by atomic mass is 9.68. The van der Waals surface area contributed by atoms with Gasteiger partial charge in [0.1, 0.15) is 0 Å². The molecule has 2 aliphatic heterocycles. The number of carbonyl (C=O) groups excluding carboxylic acids is 2. The minimum Gasteiger partial charge on any atom is -0.493 e. The van der Waals surface area contributed by atoms with E-state index in [1.807, 2.05) is 18.2 Å². The summed E-state index contributed by atoms with van der Waals surface area (Å²) in [6.45, 7) is 4.70. The fourth-order valence-corrected chi connectivity index (χ4v) is 11.1. The predicted molar refractivity (Wildman–Crippen MR) is 160 cm³/mol. The van der Waals surface area contributed by atoms with E-state index in [2.05, 4.69) is 18.8 Å². The molecule has 7 rings (SSSR count). The van der Waals surface area contributed by atoms with Crippen LogP contribution >= 0.6 is 35.3 Å². The zero-order valence-corrected chi connectivity index (χ0v) is 26.0. The summed E-state index contributed by atoms with van der Waals surface area (Å²) < 4.78 is 52.9. The summed E-state index contributed by atoms with van der Waals surface area (Å²) in [5, 5.41) is 1.03. The molecule has 3 aromatic rings. The first-order chi connectivity index (χ1) is 20.5. The van der Waals surface area contributed by atoms with Crippen molar-refractivity contribution < 1.29 is 32.2 Å². The third-order valence-corrected chi connectivity index (χ3v) is 12.2. The van der Waals surface area contributed by atoms with Gasteiger partial charge in [0.2, 0.25) is 11.8 Å². The van der Waals surface area contributed by atoms with Crippen LogP contribution in [0, 0.1) is 39.5 Å². The van der Waals surface area contributed by atoms with Gasteiger partial charge in [0.25, 0.3) is 0 Å². The number of benzene rings is 2. The highest BCUT2D eigenvalue weighted by Gasteiger charge is 2.69. The molecule has 2 saturated carbocycles. The van der Waals surface area contributed by atoms with Crippen molar-refractivity contribution in [2.45, 2.75) is 42.6 Å². The minimum absolute atomic E-state index is 0.0179. The van der Waals surface area contributed by atoms with Crippen molar-refractivity contribution in [1.29, 1.82) is 0 Å². The van der Waals surface area contributed by atoms with Crippen LogP contribution in [0.5, 0.6) is 11.5 Å². The Hall–Kier alpha value is -2.83. The number of methoxy groups -OCH3 is 1. The number of aromatic amines is 1. The molecular weight excluding hydrogens is 618 g/mol. The van der Waals surface area contributed by atoms with Crippen molar-refractivity contribution in [3.05, 3.63) is 62.4 Å². The van der Waals surface area contributed by atoms with E-state index in [9.17, 15) is 22.8 Å². The summed E-state index contributed by atoms with van der Waals surface area (Å²) in [6.07, 6.45) is -3.85. The molecule has 12 heteroatoms. The summed E-state index contributed by atoms with van der Waals surface area (Å²) in [5.74, 6) is -0.513. The molecule has 2 aromatic carbocycles. The number of nitrogens with one attached hydrogen (secondary N) is 1. The van der Waals surface area contributed by atoms with Crippen LogP contribution in [0.3, 0.4) is 0 Å². The number of hydrogen-bond donors (Lipinski definition) is 1. The summed E-state index contributed by atoms with van der Waals surface area (Å²) in [5.41, 5.74) is 0.117. The molecule has 2 amide bonds. The SMILES string of the molecule is COc1cc(C2c3sc(=S)[nH]c3SC3C4CC(C5C(=O)N(c6cccc(C(F)(F)F)c6)C(=O)C45)C23)ccc1OCC(C)C. The molecule has 7 unspecified atom stereocenters. The van der Waals surface area contributed by atoms with Gasteiger partial charge in [-0.25, -0.2) is 0 Å². The van der Waals surface area contributed by atoms with Crippen molar-refractivity contribution >= 4 is 52.8 Å². The molecule has 4 aliphatic rings. The van der Waals surface area contributed by atoms with Gasteiger partial charge in [-0.2, -0.15) is 13.2 Å². The highest BCUT2D eigenvalue weighted by Crippen LogP contribution is 2.69. The zero-order valence-electron chi connectivity index (χ0n) is 23.5. The second kappa shape index (κ2) is 10.4. The van der Waals surface area contributed by atoms with Crippen molar-refractivity contribution in [2.24, 2.45) is 35.5 Å². The molecule has 7 atom stereocenters. The lowest BCUT2D eigenvalue weighted by Crippen LogP contribution is -2.42. The number of thioether (sulfide) groups is 1. The van der Waals surface area contributed by atoms with E-state index < -0.39 is 35.4 Å². The van der Waals surface area contributed by atoms with E-state index in [1.54, 1.807) is 18.9 Å². The fraction of sp³-hybridized carbons (Fsp3) is 0.452. The molecule has 2 bridgehead atoms. The van der Waals surface area contributed by atoms with Gasteiger partial charge in [0.05, 0.1) is 41.8 Å². The Labute approximate surface area is 260 Å². The van der Waals surface area contributed by atoms with E-state index >= 15 is 0 Å². The number of rotatable bonds is 6. The molecule has 1 saturated heterocycles. The molecule has 226 valence electrons. The number of halogens is 3. The van der Waals surface area contributed by atoms with Crippen molar-refractivity contribution in [1.82, 2.24) is 4.98 Å². The first-order valence-electron chi connectivity index (χ1n) is 14.2. The Bertz CT molecular complexity index is 1680. The van der Waals surface area contributed by atoms with Gasteiger partial charge >= 0.3 is 6.18 Å². The largest absolute Gasteiger partial charge is 0.493 e. The second-order valence-electron chi connectivity index (χ2n) is 12.1. The van der Waals surface area contributed by atoms with E-state index in [0.717, 1.165) is 38.9 Å². The highest BCUT2D eigenvalue weighted by atomic mass is 32.2. The van der Waals surface area contributed by atoms with Gasteiger partial charge in [0.15, 0.2) is 15.5 Å². The lowest BCUT2D eigenvalue weighted by Gasteiger charge is -2.43. The molecule has 3 heterocycles. The molecule has 6 nitrogen and oxygen atoms in total. The molecule has 0 radical (unpaired) electrons. The quantitative estimate of drug-likeness (QED) is 0.220. The van der Waals surface area contributed by atoms with Crippen LogP contribution in [0.25, 0.3) is 0 Å². The number of carbonyl (C=O) groups is 2. The summed E-state index contributed by atoms with van der Waals surface area (Å²) in [6, 6.07) is 10.5. The van der Waals surface area contributed by atoms with E-state index in [-0.39, 0.29) is 34.6 Å². The maximum absolute atomic E-state index is 13.9. The Morgan fingerprint density at radius 2 is 1.81 bits per heavy atom. The molecule has 1 N–H and O–H groups in total. The number of alkyl halides is 3. The first kappa shape index (κ1) is 28.9. The molecular formula is C31H29F3N2O4S3. The summed E-state index contributed by atoms with van der Waals surface area (Å²) >= 11 is 8.77. The number of imide groups is 1. The number of aromatic nitrogens is 1. The van der Waals surface area contributed by atoms with Gasteiger partial charge < -0.3 is 14.5 Å². The van der Waals surface area contributed by atoms with E-state index in [4.69, 9.17) is 21.7 Å². The lowest BCUT2D eigenvalue weighted by molar-refractivity contribution is -0.137. The Morgan fingerprint density at radius 1 is 1.07 bits per heavy atom. The molecule has 3 fully saturated rings. The predicted octanol–water partition coefficient (Wildman–Crippen LogP) is 7.55. The monoisotopic (exact) mass is 646 g/mol. The van der Waals surface area contributed by atoms with Gasteiger partial charge in [0, 0.05) is 16.0 Å². The molecule has 0 spiro atoms. The van der Waals surface area contributed by atoms with Crippen LogP contribution in [-0.2, 0) is 15.8 Å². The van der Waals surface area contributed by atoms with Crippen molar-refractivity contribution in [3.63, 3.8) is 0 Å². The van der Waals surface area contributed by atoms with Crippen LogP contribution < -0.4 is 14.4 Å². The maximum Gasteiger partial charge on any atom is 0.416 e. The number of fused-ring (bicyclic) bond motifs is 9. The summed E-state index contributed by atoms with van der Waals surface area (Å²) in [4.78, 5) is 33.2. The maximum atomic E-state index is 13.9. The topological polar surface area (TPSA) is 71.6 Å². The Balaban J connectivity index is 1.27. The van der Waals surface area contributed by atoms with Crippen molar-refractivity contribution in [3.8, 4) is 11.5 Å². The number of hydrogen-bond acceptors (Lipinski definition) is 7. The third kappa shape index (κ3) is 4.54. The van der Waals surface area contributed by atoms with Crippen LogP contribution in [0.4, 0.5) is 18.9 Å². The number of anilines is 1. The number of thiazole rings is 1. The third-order valence-electron chi connectivity index (χ3n) is 9.27. The Kier molecular flexibility index (Phi) is 6.98. The standard InChI is InChI=1S/C31H29F3N2O4S3/c1-13(2)12-40-19-8-7-14(9-20(19)39-3)21-22-17-11-18(25(22)42-27-26(21)43-30(41)35-27)24-23(17)28(37)36(29(24)38)16-6-4-5-15(10-16)31(32,33)34/h4-10,13,17-18,21-25H,11-12H2,1-3H3,(H,35,41). The highest BCUT2D eigenvalue weighted by molar-refractivity contribution is 8.00. The fourth-order valence-electron chi connectivity index (χ4n) is 7.72. The number of H-pyrrole nitrogens is 1. The minimum atomic E-state index is -4.58. The molecule has 2 aliphatic carbocycles. The Morgan fingerprint density at radius 3 is 2.51 bits per heavy atom. The molecule has 43 heavy (non-hydrogen) atoms. The number of ether oxygens (including phenoxy) is 2. The smallest absolute Gasteiger partial charge is 0.416 e. The average Bonchev–Trinajstić information content (AvgIpc) is 3.70. The van der Waals surface area contributed by atoms with Gasteiger partial charge in [-0.05, 0) is 78.2 Å². The van der Waals surface area contributed by atoms with Crippen molar-refractivity contribution in [2.75, 3.05) is 18.6 Å². The second-order valence-corrected chi connectivity index (χ2v) is 15.0. The van der Waals surface area contributed by atoms with Gasteiger partial charge in [-0.15, -0.1) is 23.1 Å². The number of nitrogens with zero attached hydrogens (tertiary/aromatic N) is 1. The zero-order chi connectivity index (χ0) is 30.4. The van der Waals surface area contributed by atoms with Gasteiger partial charge in [-0.3, -0.25) is 14.5 Å². The molecule has 1 aromatic heterocycles. The van der Waals surface area contributed by atoms with Crippen LogP contribution in [0.15, 0.2) is 47.5 Å². The van der Waals surface area contributed by atoms with Gasteiger partial charge in [-0.1, -0.05) is 26.0 Å². The van der Waals surface area contributed by atoms with Crippen LogP contribution in [0.2, 0.25) is 0 Å². The normalized spacial score (nSPS) is 29.2. The summed E-state index contributed by atoms with van der Waals surface area (Å²) in [7, 11) is 1.61. The van der Waals surface area contributed by atoms with Crippen LogP contribution in [-0.4, -0.2) is 35.8 Å². The van der Waals surface area contributed by atoms with Crippen LogP contribution in [0.1, 0.15) is 42.2 Å². The van der Waals surface area contributed by atoms with E-state index in [0.29, 0.717) is 28.0 Å². The first-order valence-corrected chi connectivity index (χ1v) is 16.3. The average molecular weight is 647 g/mol. The number of amides is 2. The van der Waals surface area contributed by atoms with E-state index in [1.165, 1.54) is 23.5 Å².